The van der Waals surface area contributed by atoms with E-state index in [2.05, 4.69) is 16.6 Å². The summed E-state index contributed by atoms with van der Waals surface area (Å²) in [5.41, 5.74) is 0.413. The maximum Gasteiger partial charge on any atom is 0.384 e. The molecule has 108 valence electrons. The lowest BCUT2D eigenvalue weighted by Crippen LogP contribution is -2.01. The van der Waals surface area contributed by atoms with Crippen LogP contribution >= 0.6 is 0 Å². The average Bonchev–Trinajstić information content (AvgIpc) is 2.50. The Kier molecular flexibility index (Phi) is 5.69. The minimum absolute atomic E-state index is 0.390. The van der Waals surface area contributed by atoms with Crippen molar-refractivity contribution in [3.8, 4) is 29.1 Å². The van der Waals surface area contributed by atoms with Crippen LogP contribution in [-0.2, 0) is 9.53 Å². The van der Waals surface area contributed by atoms with E-state index >= 15 is 0 Å². The molecular weight excluding hydrogens is 264 g/mol. The molecule has 0 fully saturated rings. The first kappa shape index (κ1) is 15.7. The lowest BCUT2D eigenvalue weighted by molar-refractivity contribution is -0.133. The number of methoxy groups -OCH3 is 4. The topological polar surface area (TPSA) is 74.2 Å². The third-order valence-electron chi connectivity index (χ3n) is 2.50. The second-order valence-corrected chi connectivity index (χ2v) is 3.62. The molecule has 1 unspecified atom stereocenters. The van der Waals surface area contributed by atoms with Gasteiger partial charge in [0, 0.05) is 11.5 Å². The first-order chi connectivity index (χ1) is 9.57. The highest BCUT2D eigenvalue weighted by atomic mass is 16.5. The lowest BCUT2D eigenvalue weighted by atomic mass is 10.1. The Morgan fingerprint density at radius 1 is 1.10 bits per heavy atom. The SMILES string of the molecule is COC(=O)C#CC(O)c1cc(OC)c(OC)c(OC)c1. The zero-order valence-electron chi connectivity index (χ0n) is 11.7. The molecule has 0 saturated carbocycles. The standard InChI is InChI=1S/C14H16O6/c1-17-11-7-9(8-12(18-2)14(11)20-4)10(15)5-6-13(16)19-3/h7-8,10,15H,1-4H3. The maximum atomic E-state index is 10.9. The van der Waals surface area contributed by atoms with Crippen molar-refractivity contribution in [3.63, 3.8) is 0 Å². The van der Waals surface area contributed by atoms with Crippen LogP contribution in [0, 0.1) is 11.8 Å². The summed E-state index contributed by atoms with van der Waals surface area (Å²) in [5, 5.41) is 9.94. The van der Waals surface area contributed by atoms with Crippen LogP contribution < -0.4 is 14.2 Å². The van der Waals surface area contributed by atoms with Gasteiger partial charge in [-0.1, -0.05) is 5.92 Å². The molecule has 1 N–H and O–H groups in total. The van der Waals surface area contributed by atoms with Crippen LogP contribution in [-0.4, -0.2) is 39.5 Å². The Hall–Kier alpha value is -2.39. The second kappa shape index (κ2) is 7.26. The quantitative estimate of drug-likeness (QED) is 0.502. The Morgan fingerprint density at radius 3 is 2.05 bits per heavy atom. The molecule has 6 nitrogen and oxygen atoms in total. The Balaban J connectivity index is 3.18. The zero-order chi connectivity index (χ0) is 15.1. The van der Waals surface area contributed by atoms with Crippen LogP contribution in [0.1, 0.15) is 11.7 Å². The van der Waals surface area contributed by atoms with Gasteiger partial charge in [0.05, 0.1) is 28.4 Å². The lowest BCUT2D eigenvalue weighted by Gasteiger charge is -2.14. The van der Waals surface area contributed by atoms with Crippen molar-refractivity contribution >= 4 is 5.97 Å². The van der Waals surface area contributed by atoms with E-state index in [-0.39, 0.29) is 0 Å². The van der Waals surface area contributed by atoms with Gasteiger partial charge in [-0.15, -0.1) is 0 Å². The van der Waals surface area contributed by atoms with Gasteiger partial charge in [-0.2, -0.15) is 0 Å². The van der Waals surface area contributed by atoms with Gasteiger partial charge in [-0.25, -0.2) is 4.79 Å². The summed E-state index contributed by atoms with van der Waals surface area (Å²) in [5.74, 6) is 4.99. The summed E-state index contributed by atoms with van der Waals surface area (Å²) < 4.78 is 19.9. The molecule has 0 aliphatic heterocycles. The van der Waals surface area contributed by atoms with Gasteiger partial charge in [0.15, 0.2) is 11.5 Å². The molecule has 1 rings (SSSR count). The predicted molar refractivity (Wildman–Crippen MR) is 70.8 cm³/mol. The molecule has 6 heteroatoms. The second-order valence-electron chi connectivity index (χ2n) is 3.62. The molecule has 0 aliphatic carbocycles. The van der Waals surface area contributed by atoms with Gasteiger partial charge in [-0.3, -0.25) is 0 Å². The van der Waals surface area contributed by atoms with Crippen molar-refractivity contribution in [1.29, 1.82) is 0 Å². The van der Waals surface area contributed by atoms with E-state index in [0.29, 0.717) is 22.8 Å². The van der Waals surface area contributed by atoms with Gasteiger partial charge in [-0.05, 0) is 12.1 Å². The number of carbonyl (C=O) groups excluding carboxylic acids is 1. The smallest absolute Gasteiger partial charge is 0.384 e. The normalized spacial score (nSPS) is 10.8. The number of aliphatic hydroxyl groups excluding tert-OH is 1. The molecule has 0 aliphatic rings. The molecule has 0 spiro atoms. The Morgan fingerprint density at radius 2 is 1.65 bits per heavy atom. The minimum Gasteiger partial charge on any atom is -0.493 e. The number of rotatable bonds is 4. The van der Waals surface area contributed by atoms with Gasteiger partial charge in [0.25, 0.3) is 0 Å². The van der Waals surface area contributed by atoms with Gasteiger partial charge in [0.2, 0.25) is 5.75 Å². The maximum absolute atomic E-state index is 10.9. The summed E-state index contributed by atoms with van der Waals surface area (Å²) in [6.45, 7) is 0. The molecule has 0 radical (unpaired) electrons. The first-order valence-corrected chi connectivity index (χ1v) is 5.64. The highest BCUT2D eigenvalue weighted by Crippen LogP contribution is 2.39. The molecule has 0 aromatic heterocycles. The number of benzene rings is 1. The molecule has 0 bridgehead atoms. The van der Waals surface area contributed by atoms with Crippen molar-refractivity contribution in [2.24, 2.45) is 0 Å². The Bertz CT molecular complexity index is 515. The van der Waals surface area contributed by atoms with Crippen molar-refractivity contribution in [1.82, 2.24) is 0 Å². The third-order valence-corrected chi connectivity index (χ3v) is 2.50. The van der Waals surface area contributed by atoms with Crippen LogP contribution in [0.5, 0.6) is 17.2 Å². The Labute approximate surface area is 117 Å². The van der Waals surface area contributed by atoms with E-state index in [0.717, 1.165) is 0 Å². The summed E-state index contributed by atoms with van der Waals surface area (Å²) in [6, 6.07) is 3.11. The molecular formula is C14H16O6. The van der Waals surface area contributed by atoms with Gasteiger partial charge in [0.1, 0.15) is 6.10 Å². The minimum atomic E-state index is -1.18. The summed E-state index contributed by atoms with van der Waals surface area (Å²) >= 11 is 0. The highest BCUT2D eigenvalue weighted by Gasteiger charge is 2.16. The molecule has 0 saturated heterocycles. The average molecular weight is 280 g/mol. The fourth-order valence-corrected chi connectivity index (χ4v) is 1.52. The summed E-state index contributed by atoms with van der Waals surface area (Å²) in [4.78, 5) is 10.9. The number of hydrogen-bond donors (Lipinski definition) is 1. The largest absolute Gasteiger partial charge is 0.493 e. The van der Waals surface area contributed by atoms with E-state index in [4.69, 9.17) is 14.2 Å². The summed E-state index contributed by atoms with van der Waals surface area (Å²) in [7, 11) is 5.62. The third kappa shape index (κ3) is 3.56. The predicted octanol–water partition coefficient (Wildman–Crippen LogP) is 0.922. The van der Waals surface area contributed by atoms with Crippen LogP contribution in [0.2, 0.25) is 0 Å². The number of ether oxygens (including phenoxy) is 4. The zero-order valence-corrected chi connectivity index (χ0v) is 11.7. The number of esters is 1. The van der Waals surface area contributed by atoms with Crippen molar-refractivity contribution in [3.05, 3.63) is 17.7 Å². The molecule has 1 aromatic rings. The van der Waals surface area contributed by atoms with E-state index in [1.165, 1.54) is 28.4 Å². The number of carbonyl (C=O) groups is 1. The van der Waals surface area contributed by atoms with Crippen LogP contribution in [0.3, 0.4) is 0 Å². The van der Waals surface area contributed by atoms with Crippen LogP contribution in [0.4, 0.5) is 0 Å². The van der Waals surface area contributed by atoms with Crippen molar-refractivity contribution < 1.29 is 28.8 Å². The van der Waals surface area contributed by atoms with E-state index in [9.17, 15) is 9.90 Å². The molecule has 20 heavy (non-hydrogen) atoms. The molecule has 1 aromatic carbocycles. The van der Waals surface area contributed by atoms with Crippen molar-refractivity contribution in [2.75, 3.05) is 28.4 Å². The molecule has 0 amide bonds. The van der Waals surface area contributed by atoms with Crippen molar-refractivity contribution in [2.45, 2.75) is 6.10 Å². The summed E-state index contributed by atoms with van der Waals surface area (Å²) in [6.07, 6.45) is -1.18. The van der Waals surface area contributed by atoms with E-state index < -0.39 is 12.1 Å². The number of hydrogen-bond acceptors (Lipinski definition) is 6. The van der Waals surface area contributed by atoms with Crippen LogP contribution in [0.15, 0.2) is 12.1 Å². The van der Waals surface area contributed by atoms with Gasteiger partial charge < -0.3 is 24.1 Å². The molecule has 0 heterocycles. The first-order valence-electron chi connectivity index (χ1n) is 5.64. The monoisotopic (exact) mass is 280 g/mol. The fourth-order valence-electron chi connectivity index (χ4n) is 1.52. The van der Waals surface area contributed by atoms with Gasteiger partial charge >= 0.3 is 5.97 Å². The molecule has 1 atom stereocenters. The fraction of sp³-hybridized carbons (Fsp3) is 0.357. The highest BCUT2D eigenvalue weighted by molar-refractivity contribution is 5.88. The van der Waals surface area contributed by atoms with Crippen LogP contribution in [0.25, 0.3) is 0 Å². The van der Waals surface area contributed by atoms with E-state index in [1.807, 2.05) is 0 Å². The van der Waals surface area contributed by atoms with E-state index in [1.54, 1.807) is 12.1 Å². The number of aliphatic hydroxyl groups is 1.